The maximum atomic E-state index is 4.74. The Morgan fingerprint density at radius 3 is 2.32 bits per heavy atom. The van der Waals surface area contributed by atoms with E-state index in [4.69, 9.17) is 5.10 Å². The van der Waals surface area contributed by atoms with Crippen LogP contribution in [0.4, 0.5) is 5.95 Å². The summed E-state index contributed by atoms with van der Waals surface area (Å²) in [5.41, 5.74) is 4.46. The van der Waals surface area contributed by atoms with Gasteiger partial charge in [-0.05, 0) is 32.0 Å². The molecular formula is C22H29IN8. The van der Waals surface area contributed by atoms with E-state index in [9.17, 15) is 0 Å². The number of aromatic nitrogens is 4. The first-order valence-corrected chi connectivity index (χ1v) is 10.3. The lowest BCUT2D eigenvalue weighted by Gasteiger charge is -2.36. The average molecular weight is 532 g/mol. The molecule has 164 valence electrons. The van der Waals surface area contributed by atoms with Crippen LogP contribution in [0.15, 0.2) is 53.8 Å². The van der Waals surface area contributed by atoms with Crippen molar-refractivity contribution in [3.8, 4) is 5.69 Å². The molecule has 1 fully saturated rings. The van der Waals surface area contributed by atoms with Gasteiger partial charge in [0.1, 0.15) is 0 Å². The summed E-state index contributed by atoms with van der Waals surface area (Å²) >= 11 is 0. The molecule has 0 spiro atoms. The van der Waals surface area contributed by atoms with Gasteiger partial charge in [0.15, 0.2) is 5.96 Å². The van der Waals surface area contributed by atoms with Crippen molar-refractivity contribution in [3.63, 3.8) is 0 Å². The van der Waals surface area contributed by atoms with Crippen LogP contribution in [0.25, 0.3) is 5.69 Å². The second-order valence-corrected chi connectivity index (χ2v) is 7.32. The molecule has 2 aromatic heterocycles. The summed E-state index contributed by atoms with van der Waals surface area (Å²) in [5, 5.41) is 8.27. The fraction of sp³-hybridized carbons (Fsp3) is 0.364. The summed E-state index contributed by atoms with van der Waals surface area (Å²) in [6.45, 7) is 8.36. The number of nitrogens with one attached hydrogen (secondary N) is 1. The first-order chi connectivity index (χ1) is 14.7. The number of rotatable bonds is 4. The molecule has 4 rings (SSSR count). The van der Waals surface area contributed by atoms with Crippen molar-refractivity contribution in [2.45, 2.75) is 20.4 Å². The molecule has 3 heterocycles. The largest absolute Gasteiger partial charge is 0.352 e. The molecule has 0 bridgehead atoms. The maximum absolute atomic E-state index is 4.74. The zero-order chi connectivity index (χ0) is 20.9. The highest BCUT2D eigenvalue weighted by Crippen LogP contribution is 2.18. The molecule has 1 saturated heterocycles. The molecule has 8 nitrogen and oxygen atoms in total. The van der Waals surface area contributed by atoms with Crippen LogP contribution >= 0.6 is 24.0 Å². The monoisotopic (exact) mass is 532 g/mol. The number of hydrogen-bond donors (Lipinski definition) is 1. The highest BCUT2D eigenvalue weighted by atomic mass is 127. The van der Waals surface area contributed by atoms with Crippen molar-refractivity contribution in [2.24, 2.45) is 4.99 Å². The second kappa shape index (κ2) is 10.6. The first-order valence-electron chi connectivity index (χ1n) is 10.3. The van der Waals surface area contributed by atoms with Gasteiger partial charge in [-0.1, -0.05) is 18.2 Å². The van der Waals surface area contributed by atoms with Gasteiger partial charge in [0.25, 0.3) is 0 Å². The molecule has 3 aromatic rings. The minimum Gasteiger partial charge on any atom is -0.352 e. The molecule has 1 aliphatic heterocycles. The van der Waals surface area contributed by atoms with Gasteiger partial charge < -0.3 is 15.1 Å². The van der Waals surface area contributed by atoms with E-state index in [1.807, 2.05) is 36.0 Å². The SMILES string of the molecule is CN=C(NCc1c(C)nn(-c2ccccc2)c1C)N1CCN(c2ncccn2)CC1.I. The van der Waals surface area contributed by atoms with Crippen molar-refractivity contribution in [3.05, 3.63) is 65.7 Å². The quantitative estimate of drug-likeness (QED) is 0.317. The van der Waals surface area contributed by atoms with Crippen molar-refractivity contribution in [1.82, 2.24) is 30.0 Å². The Balaban J connectivity index is 0.00000272. The Hall–Kier alpha value is -2.69. The van der Waals surface area contributed by atoms with Crippen molar-refractivity contribution < 1.29 is 0 Å². The van der Waals surface area contributed by atoms with E-state index in [1.165, 1.54) is 5.56 Å². The number of hydrogen-bond acceptors (Lipinski definition) is 5. The fourth-order valence-electron chi connectivity index (χ4n) is 3.82. The smallest absolute Gasteiger partial charge is 0.225 e. The van der Waals surface area contributed by atoms with Crippen LogP contribution in [0.3, 0.4) is 0 Å². The van der Waals surface area contributed by atoms with Gasteiger partial charge in [-0.25, -0.2) is 14.6 Å². The van der Waals surface area contributed by atoms with Crippen LogP contribution in [0.1, 0.15) is 17.0 Å². The number of halogens is 1. The van der Waals surface area contributed by atoms with Crippen molar-refractivity contribution >= 4 is 35.9 Å². The van der Waals surface area contributed by atoms with Crippen LogP contribution < -0.4 is 10.2 Å². The highest BCUT2D eigenvalue weighted by molar-refractivity contribution is 14.0. The first kappa shape index (κ1) is 23.0. The molecule has 0 atom stereocenters. The number of benzene rings is 1. The van der Waals surface area contributed by atoms with Gasteiger partial charge in [0, 0.05) is 63.4 Å². The Bertz CT molecular complexity index is 995. The number of anilines is 1. The standard InChI is InChI=1S/C22H28N8.HI/c1-17-20(18(2)30(27-17)19-8-5-4-6-9-19)16-26-21(23-3)28-12-14-29(15-13-28)22-24-10-7-11-25-22;/h4-11H,12-16H2,1-3H3,(H,23,26);1H. The molecule has 1 N–H and O–H groups in total. The predicted molar refractivity (Wildman–Crippen MR) is 134 cm³/mol. The molecule has 0 amide bonds. The Morgan fingerprint density at radius 1 is 1.00 bits per heavy atom. The molecule has 0 saturated carbocycles. The van der Waals surface area contributed by atoms with Gasteiger partial charge in [-0.2, -0.15) is 5.10 Å². The van der Waals surface area contributed by atoms with Crippen molar-refractivity contribution in [1.29, 1.82) is 0 Å². The van der Waals surface area contributed by atoms with Crippen molar-refractivity contribution in [2.75, 3.05) is 38.1 Å². The summed E-state index contributed by atoms with van der Waals surface area (Å²) < 4.78 is 2.01. The number of nitrogens with zero attached hydrogens (tertiary/aromatic N) is 7. The molecule has 1 aromatic carbocycles. The lowest BCUT2D eigenvalue weighted by atomic mass is 10.2. The summed E-state index contributed by atoms with van der Waals surface area (Å²) in [6.07, 6.45) is 3.57. The minimum atomic E-state index is 0. The number of aliphatic imine (C=N–C) groups is 1. The van der Waals surface area contributed by atoms with Crippen LogP contribution in [-0.2, 0) is 6.54 Å². The predicted octanol–water partition coefficient (Wildman–Crippen LogP) is 2.79. The van der Waals surface area contributed by atoms with Crippen LogP contribution in [0.2, 0.25) is 0 Å². The molecular weight excluding hydrogens is 503 g/mol. The number of para-hydroxylation sites is 1. The minimum absolute atomic E-state index is 0. The number of guanidine groups is 1. The highest BCUT2D eigenvalue weighted by Gasteiger charge is 2.21. The summed E-state index contributed by atoms with van der Waals surface area (Å²) in [7, 11) is 1.84. The average Bonchev–Trinajstić information content (AvgIpc) is 3.09. The second-order valence-electron chi connectivity index (χ2n) is 7.32. The number of piperazine rings is 1. The van der Waals surface area contributed by atoms with Gasteiger partial charge in [-0.15, -0.1) is 24.0 Å². The van der Waals surface area contributed by atoms with Gasteiger partial charge in [0.2, 0.25) is 5.95 Å². The van der Waals surface area contributed by atoms with Gasteiger partial charge in [0.05, 0.1) is 11.4 Å². The van der Waals surface area contributed by atoms with E-state index < -0.39 is 0 Å². The molecule has 0 unspecified atom stereocenters. The molecule has 0 radical (unpaired) electrons. The van der Waals surface area contributed by atoms with E-state index in [-0.39, 0.29) is 24.0 Å². The van der Waals surface area contributed by atoms with E-state index in [1.54, 1.807) is 12.4 Å². The third-order valence-electron chi connectivity index (χ3n) is 5.49. The van der Waals surface area contributed by atoms with E-state index in [2.05, 4.69) is 56.1 Å². The summed E-state index contributed by atoms with van der Waals surface area (Å²) in [5.74, 6) is 1.70. The Morgan fingerprint density at radius 2 is 1.68 bits per heavy atom. The van der Waals surface area contributed by atoms with Crippen LogP contribution in [0.5, 0.6) is 0 Å². The topological polar surface area (TPSA) is 74.5 Å². The third kappa shape index (κ3) is 5.15. The normalized spacial score (nSPS) is 14.4. The van der Waals surface area contributed by atoms with E-state index in [0.29, 0.717) is 6.54 Å². The lowest BCUT2D eigenvalue weighted by molar-refractivity contribution is 0.370. The Kier molecular flexibility index (Phi) is 7.83. The number of aryl methyl sites for hydroxylation is 1. The lowest BCUT2D eigenvalue weighted by Crippen LogP contribution is -2.52. The zero-order valence-corrected chi connectivity index (χ0v) is 20.5. The molecule has 9 heteroatoms. The zero-order valence-electron chi connectivity index (χ0n) is 18.2. The maximum Gasteiger partial charge on any atom is 0.225 e. The fourth-order valence-corrected chi connectivity index (χ4v) is 3.82. The van der Waals surface area contributed by atoms with E-state index >= 15 is 0 Å². The molecule has 1 aliphatic rings. The summed E-state index contributed by atoms with van der Waals surface area (Å²) in [6, 6.07) is 12.1. The molecule has 0 aliphatic carbocycles. The summed E-state index contributed by atoms with van der Waals surface area (Å²) in [4.78, 5) is 17.7. The van der Waals surface area contributed by atoms with Crippen LogP contribution in [-0.4, -0.2) is 63.8 Å². The van der Waals surface area contributed by atoms with Crippen LogP contribution in [0, 0.1) is 13.8 Å². The van der Waals surface area contributed by atoms with E-state index in [0.717, 1.165) is 55.2 Å². The Labute approximate surface area is 200 Å². The van der Waals surface area contributed by atoms with Gasteiger partial charge >= 0.3 is 0 Å². The molecule has 31 heavy (non-hydrogen) atoms. The van der Waals surface area contributed by atoms with Gasteiger partial charge in [-0.3, -0.25) is 4.99 Å². The third-order valence-corrected chi connectivity index (χ3v) is 5.49.